The second-order valence-corrected chi connectivity index (χ2v) is 4.84. The van der Waals surface area contributed by atoms with Gasteiger partial charge in [0.2, 0.25) is 0 Å². The third kappa shape index (κ3) is 4.27. The van der Waals surface area contributed by atoms with Crippen molar-refractivity contribution in [1.82, 2.24) is 0 Å². The molecule has 1 aromatic carbocycles. The van der Waals surface area contributed by atoms with Crippen LogP contribution >= 0.6 is 0 Å². The number of halogens is 3. The van der Waals surface area contributed by atoms with Crippen molar-refractivity contribution in [1.29, 1.82) is 0 Å². The Morgan fingerprint density at radius 3 is 2.52 bits per heavy atom. The molecule has 0 fully saturated rings. The fourth-order valence-electron chi connectivity index (χ4n) is 2.07. The smallest absolute Gasteiger partial charge is 0.416 e. The number of nitrogens with zero attached hydrogens (tertiary/aromatic N) is 1. The SMILES string of the molecule is CCC(CC1COC(N)=N1)Oc1ccc(C(F)(F)F)cc1. The van der Waals surface area contributed by atoms with Gasteiger partial charge in [-0.25, -0.2) is 4.99 Å². The van der Waals surface area contributed by atoms with Crippen LogP contribution in [0.15, 0.2) is 29.3 Å². The maximum Gasteiger partial charge on any atom is 0.416 e. The van der Waals surface area contributed by atoms with Crippen LogP contribution in [0.5, 0.6) is 5.75 Å². The lowest BCUT2D eigenvalue weighted by molar-refractivity contribution is -0.137. The molecule has 1 aromatic rings. The van der Waals surface area contributed by atoms with Crippen LogP contribution in [0.4, 0.5) is 13.2 Å². The van der Waals surface area contributed by atoms with E-state index in [1.165, 1.54) is 12.1 Å². The Morgan fingerprint density at radius 2 is 2.05 bits per heavy atom. The van der Waals surface area contributed by atoms with Gasteiger partial charge in [-0.15, -0.1) is 0 Å². The summed E-state index contributed by atoms with van der Waals surface area (Å²) in [5.41, 5.74) is 4.74. The number of amidine groups is 1. The van der Waals surface area contributed by atoms with E-state index in [0.29, 0.717) is 25.2 Å². The Labute approximate surface area is 120 Å². The maximum atomic E-state index is 12.5. The molecule has 0 saturated heterocycles. The third-order valence-electron chi connectivity index (χ3n) is 3.21. The number of aliphatic imine (C=N–C) groups is 1. The lowest BCUT2D eigenvalue weighted by atomic mass is 10.1. The summed E-state index contributed by atoms with van der Waals surface area (Å²) in [6.45, 7) is 2.36. The van der Waals surface area contributed by atoms with Crippen molar-refractivity contribution in [2.24, 2.45) is 10.7 Å². The molecule has 0 aromatic heterocycles. The molecule has 21 heavy (non-hydrogen) atoms. The molecule has 1 heterocycles. The monoisotopic (exact) mass is 302 g/mol. The van der Waals surface area contributed by atoms with Crippen molar-refractivity contribution < 1.29 is 22.6 Å². The Kier molecular flexibility index (Phi) is 4.59. The molecule has 0 radical (unpaired) electrons. The van der Waals surface area contributed by atoms with Gasteiger partial charge in [-0.1, -0.05) is 6.92 Å². The molecule has 2 unspecified atom stereocenters. The van der Waals surface area contributed by atoms with Crippen molar-refractivity contribution in [3.05, 3.63) is 29.8 Å². The van der Waals surface area contributed by atoms with Crippen LogP contribution in [0, 0.1) is 0 Å². The first-order valence-corrected chi connectivity index (χ1v) is 6.68. The number of hydrogen-bond donors (Lipinski definition) is 1. The molecule has 2 rings (SSSR count). The fraction of sp³-hybridized carbons (Fsp3) is 0.500. The van der Waals surface area contributed by atoms with E-state index in [9.17, 15) is 13.2 Å². The Balaban J connectivity index is 1.95. The summed E-state index contributed by atoms with van der Waals surface area (Å²) < 4.78 is 48.2. The second kappa shape index (κ2) is 6.24. The maximum absolute atomic E-state index is 12.5. The summed E-state index contributed by atoms with van der Waals surface area (Å²) in [6, 6.07) is 4.78. The Morgan fingerprint density at radius 1 is 1.38 bits per heavy atom. The molecule has 0 saturated carbocycles. The molecule has 0 bridgehead atoms. The van der Waals surface area contributed by atoms with Gasteiger partial charge < -0.3 is 15.2 Å². The number of hydrogen-bond acceptors (Lipinski definition) is 4. The molecule has 2 atom stereocenters. The topological polar surface area (TPSA) is 56.8 Å². The zero-order valence-electron chi connectivity index (χ0n) is 11.6. The average molecular weight is 302 g/mol. The van der Waals surface area contributed by atoms with Crippen molar-refractivity contribution >= 4 is 6.02 Å². The highest BCUT2D eigenvalue weighted by Gasteiger charge is 2.30. The van der Waals surface area contributed by atoms with Crippen LogP contribution in [-0.4, -0.2) is 24.8 Å². The predicted octanol–water partition coefficient (Wildman–Crippen LogP) is 2.97. The van der Waals surface area contributed by atoms with Gasteiger partial charge in [-0.2, -0.15) is 13.2 Å². The van der Waals surface area contributed by atoms with Crippen LogP contribution in [0.1, 0.15) is 25.3 Å². The second-order valence-electron chi connectivity index (χ2n) is 4.84. The fourth-order valence-corrected chi connectivity index (χ4v) is 2.07. The van der Waals surface area contributed by atoms with Gasteiger partial charge in [0.25, 0.3) is 6.02 Å². The van der Waals surface area contributed by atoms with E-state index >= 15 is 0 Å². The van der Waals surface area contributed by atoms with Crippen molar-refractivity contribution in [3.63, 3.8) is 0 Å². The number of rotatable bonds is 5. The number of benzene rings is 1. The quantitative estimate of drug-likeness (QED) is 0.909. The normalized spacial score (nSPS) is 19.8. The lowest BCUT2D eigenvalue weighted by Crippen LogP contribution is -2.22. The standard InChI is InChI=1S/C14H17F3N2O2/c1-2-11(7-10-8-20-13(18)19-10)21-12-5-3-9(4-6-12)14(15,16)17/h3-6,10-11H,2,7-8H2,1H3,(H2,18,19). The lowest BCUT2D eigenvalue weighted by Gasteiger charge is -2.19. The van der Waals surface area contributed by atoms with Gasteiger partial charge in [-0.05, 0) is 30.7 Å². The minimum Gasteiger partial charge on any atom is -0.490 e. The molecule has 7 heteroatoms. The summed E-state index contributed by atoms with van der Waals surface area (Å²) in [6.07, 6.45) is -3.16. The summed E-state index contributed by atoms with van der Waals surface area (Å²) in [4.78, 5) is 4.11. The van der Waals surface area contributed by atoms with E-state index < -0.39 is 11.7 Å². The van der Waals surface area contributed by atoms with Crippen LogP contribution < -0.4 is 10.5 Å². The third-order valence-corrected chi connectivity index (χ3v) is 3.21. The zero-order valence-corrected chi connectivity index (χ0v) is 11.6. The highest BCUT2D eigenvalue weighted by Crippen LogP contribution is 2.30. The minimum absolute atomic E-state index is 0.0654. The van der Waals surface area contributed by atoms with Crippen molar-refractivity contribution in [2.45, 2.75) is 38.1 Å². The Hall–Kier alpha value is -1.92. The number of ether oxygens (including phenoxy) is 2. The predicted molar refractivity (Wildman–Crippen MR) is 72.1 cm³/mol. The number of alkyl halides is 3. The van der Waals surface area contributed by atoms with Gasteiger partial charge in [0.1, 0.15) is 18.5 Å². The molecular formula is C14H17F3N2O2. The zero-order chi connectivity index (χ0) is 15.5. The Bertz CT molecular complexity index is 500. The summed E-state index contributed by atoms with van der Waals surface area (Å²) >= 11 is 0. The molecule has 2 N–H and O–H groups in total. The van der Waals surface area contributed by atoms with Crippen LogP contribution in [-0.2, 0) is 10.9 Å². The highest BCUT2D eigenvalue weighted by atomic mass is 19.4. The summed E-state index contributed by atoms with van der Waals surface area (Å²) in [5, 5.41) is 0. The first kappa shape index (κ1) is 15.5. The van der Waals surface area contributed by atoms with Gasteiger partial charge in [-0.3, -0.25) is 0 Å². The largest absolute Gasteiger partial charge is 0.490 e. The van der Waals surface area contributed by atoms with Gasteiger partial charge in [0, 0.05) is 6.42 Å². The van der Waals surface area contributed by atoms with E-state index in [0.717, 1.165) is 12.1 Å². The molecule has 1 aliphatic rings. The molecular weight excluding hydrogens is 285 g/mol. The number of nitrogens with two attached hydrogens (primary N) is 1. The molecule has 4 nitrogen and oxygen atoms in total. The molecule has 116 valence electrons. The molecule has 0 spiro atoms. The van der Waals surface area contributed by atoms with Crippen LogP contribution in [0.25, 0.3) is 0 Å². The van der Waals surface area contributed by atoms with E-state index in [1.54, 1.807) is 0 Å². The van der Waals surface area contributed by atoms with Crippen LogP contribution in [0.2, 0.25) is 0 Å². The summed E-state index contributed by atoms with van der Waals surface area (Å²) in [5.74, 6) is 0.408. The van der Waals surface area contributed by atoms with E-state index in [2.05, 4.69) is 4.99 Å². The van der Waals surface area contributed by atoms with Crippen molar-refractivity contribution in [2.75, 3.05) is 6.61 Å². The van der Waals surface area contributed by atoms with Gasteiger partial charge in [0.15, 0.2) is 0 Å². The first-order chi connectivity index (χ1) is 9.88. The van der Waals surface area contributed by atoms with E-state index in [4.69, 9.17) is 15.2 Å². The van der Waals surface area contributed by atoms with Gasteiger partial charge >= 0.3 is 6.18 Å². The summed E-state index contributed by atoms with van der Waals surface area (Å²) in [7, 11) is 0. The molecule has 1 aliphatic heterocycles. The molecule has 0 amide bonds. The first-order valence-electron chi connectivity index (χ1n) is 6.68. The van der Waals surface area contributed by atoms with E-state index in [1.807, 2.05) is 6.92 Å². The average Bonchev–Trinajstić information content (AvgIpc) is 2.83. The minimum atomic E-state index is -4.34. The van der Waals surface area contributed by atoms with Crippen molar-refractivity contribution in [3.8, 4) is 5.75 Å². The van der Waals surface area contributed by atoms with Gasteiger partial charge in [0.05, 0.1) is 11.6 Å². The van der Waals surface area contributed by atoms with E-state index in [-0.39, 0.29) is 18.2 Å². The highest BCUT2D eigenvalue weighted by molar-refractivity contribution is 5.73. The molecule has 0 aliphatic carbocycles. The van der Waals surface area contributed by atoms with Crippen LogP contribution in [0.3, 0.4) is 0 Å².